The fourth-order valence-electron chi connectivity index (χ4n) is 0.362. The van der Waals surface area contributed by atoms with Crippen LogP contribution in [-0.4, -0.2) is 19.6 Å². The van der Waals surface area contributed by atoms with E-state index in [-0.39, 0.29) is 0 Å². The van der Waals surface area contributed by atoms with Gasteiger partial charge in [-0.05, 0) is 6.42 Å². The van der Waals surface area contributed by atoms with Gasteiger partial charge in [0.05, 0.1) is 7.85 Å². The molecular formula is C8H19BO. The van der Waals surface area contributed by atoms with Crippen molar-refractivity contribution in [3.63, 3.8) is 0 Å². The highest BCUT2D eigenvalue weighted by Gasteiger charge is 1.69. The highest BCUT2D eigenvalue weighted by molar-refractivity contribution is 6.08. The van der Waals surface area contributed by atoms with Crippen molar-refractivity contribution in [3.05, 3.63) is 0 Å². The van der Waals surface area contributed by atoms with Gasteiger partial charge in [-0.25, -0.2) is 0 Å². The van der Waals surface area contributed by atoms with Crippen molar-refractivity contribution in [1.29, 1.82) is 0 Å². The lowest BCUT2D eigenvalue weighted by atomic mass is 10.0. The molecule has 0 amide bonds. The first-order valence-corrected chi connectivity index (χ1v) is 4.14. The molecule has 2 radical (unpaired) electrons. The third-order valence-electron chi connectivity index (χ3n) is 1.07. The Labute approximate surface area is 66.2 Å². The van der Waals surface area contributed by atoms with E-state index in [0.717, 1.165) is 19.2 Å². The zero-order chi connectivity index (χ0) is 8.24. The second-order valence-electron chi connectivity index (χ2n) is 2.22. The molecule has 0 saturated heterocycles. The molecule has 0 aliphatic rings. The summed E-state index contributed by atoms with van der Waals surface area (Å²) in [6.45, 7) is 4.53. The molecule has 60 valence electrons. The predicted molar refractivity (Wildman–Crippen MR) is 47.5 cm³/mol. The van der Waals surface area contributed by atoms with Gasteiger partial charge in [0.2, 0.25) is 0 Å². The number of aliphatic hydroxyl groups excluding tert-OH is 1. The van der Waals surface area contributed by atoms with Gasteiger partial charge in [0.15, 0.2) is 0 Å². The second-order valence-corrected chi connectivity index (χ2v) is 2.22. The average molecular weight is 142 g/mol. The number of aliphatic hydroxyl groups is 1. The summed E-state index contributed by atoms with van der Waals surface area (Å²) < 4.78 is 0. The van der Waals surface area contributed by atoms with Gasteiger partial charge in [-0.1, -0.05) is 39.4 Å². The first-order valence-electron chi connectivity index (χ1n) is 4.14. The van der Waals surface area contributed by atoms with E-state index in [1.165, 1.54) is 12.8 Å². The predicted octanol–water partition coefficient (Wildman–Crippen LogP) is 2.15. The number of rotatable bonds is 4. The summed E-state index contributed by atoms with van der Waals surface area (Å²) in [6, 6.07) is 0. The molecule has 0 spiro atoms. The Morgan fingerprint density at radius 1 is 1.10 bits per heavy atom. The van der Waals surface area contributed by atoms with Crippen LogP contribution in [0.4, 0.5) is 0 Å². The largest absolute Gasteiger partial charge is 0.396 e. The summed E-state index contributed by atoms with van der Waals surface area (Å²) in [7, 11) is 5.14. The molecule has 0 aromatic rings. The van der Waals surface area contributed by atoms with E-state index in [1.807, 2.05) is 0 Å². The Morgan fingerprint density at radius 3 is 1.60 bits per heavy atom. The third-order valence-corrected chi connectivity index (χ3v) is 1.07. The van der Waals surface area contributed by atoms with Crippen LogP contribution < -0.4 is 0 Å². The third kappa shape index (κ3) is 24.4. The van der Waals surface area contributed by atoms with E-state index in [0.29, 0.717) is 6.61 Å². The van der Waals surface area contributed by atoms with E-state index in [1.54, 1.807) is 0 Å². The van der Waals surface area contributed by atoms with Crippen LogP contribution >= 0.6 is 0 Å². The Morgan fingerprint density at radius 2 is 1.60 bits per heavy atom. The number of hydrogen-bond acceptors (Lipinski definition) is 1. The first-order chi connectivity index (χ1) is 4.83. The van der Waals surface area contributed by atoms with Gasteiger partial charge in [0.1, 0.15) is 0 Å². The Bertz CT molecular complexity index is 30.2. The van der Waals surface area contributed by atoms with Crippen LogP contribution in [0, 0.1) is 0 Å². The lowest BCUT2D eigenvalue weighted by Gasteiger charge is -1.79. The minimum absolute atomic E-state index is 0.344. The average Bonchev–Trinajstić information content (AvgIpc) is 1.93. The summed E-state index contributed by atoms with van der Waals surface area (Å²) >= 11 is 0. The summed E-state index contributed by atoms with van der Waals surface area (Å²) in [6.07, 6.45) is 5.27. The molecule has 1 N–H and O–H groups in total. The molecule has 2 heteroatoms. The fraction of sp³-hybridized carbons (Fsp3) is 1.00. The highest BCUT2D eigenvalue weighted by atomic mass is 16.2. The van der Waals surface area contributed by atoms with Crippen LogP contribution in [0.15, 0.2) is 0 Å². The standard InChI is InChI=1S/C4H9B.C4H10O/c2*1-2-3-4-5/h2-4H2,1H3;5H,2-4H2,1H3. The summed E-state index contributed by atoms with van der Waals surface area (Å²) in [5.74, 6) is 0. The van der Waals surface area contributed by atoms with Crippen LogP contribution in [-0.2, 0) is 0 Å². The normalized spacial score (nSPS) is 8.30. The van der Waals surface area contributed by atoms with Gasteiger partial charge in [0.25, 0.3) is 0 Å². The maximum atomic E-state index is 8.07. The van der Waals surface area contributed by atoms with Crippen LogP contribution in [0.1, 0.15) is 39.5 Å². The Hall–Kier alpha value is 0.0249. The zero-order valence-corrected chi connectivity index (χ0v) is 7.27. The van der Waals surface area contributed by atoms with Crippen molar-refractivity contribution < 1.29 is 5.11 Å². The van der Waals surface area contributed by atoms with Crippen LogP contribution in [0.2, 0.25) is 6.32 Å². The van der Waals surface area contributed by atoms with Gasteiger partial charge in [-0.15, -0.1) is 0 Å². The van der Waals surface area contributed by atoms with Gasteiger partial charge in [-0.2, -0.15) is 0 Å². The van der Waals surface area contributed by atoms with Gasteiger partial charge in [0, 0.05) is 6.61 Å². The lowest BCUT2D eigenvalue weighted by molar-refractivity contribution is 0.287. The van der Waals surface area contributed by atoms with Crippen LogP contribution in [0.5, 0.6) is 0 Å². The molecule has 0 aromatic heterocycles. The van der Waals surface area contributed by atoms with Crippen molar-refractivity contribution in [2.75, 3.05) is 6.61 Å². The van der Waals surface area contributed by atoms with Gasteiger partial charge in [-0.3, -0.25) is 0 Å². The Kier molecular flexibility index (Phi) is 20.3. The minimum Gasteiger partial charge on any atom is -0.396 e. The Balaban J connectivity index is 0. The summed E-state index contributed by atoms with van der Waals surface area (Å²) in [5, 5.41) is 8.07. The summed E-state index contributed by atoms with van der Waals surface area (Å²) in [4.78, 5) is 0. The van der Waals surface area contributed by atoms with Crippen molar-refractivity contribution in [3.8, 4) is 0 Å². The monoisotopic (exact) mass is 142 g/mol. The van der Waals surface area contributed by atoms with Crippen LogP contribution in [0.25, 0.3) is 0 Å². The van der Waals surface area contributed by atoms with Crippen molar-refractivity contribution in [2.24, 2.45) is 0 Å². The minimum atomic E-state index is 0.344. The van der Waals surface area contributed by atoms with Crippen LogP contribution in [0.3, 0.4) is 0 Å². The lowest BCUT2D eigenvalue weighted by Crippen LogP contribution is -1.75. The highest BCUT2D eigenvalue weighted by Crippen LogP contribution is 1.86. The molecule has 0 aliphatic heterocycles. The molecule has 0 unspecified atom stereocenters. The van der Waals surface area contributed by atoms with E-state index in [9.17, 15) is 0 Å². The van der Waals surface area contributed by atoms with Crippen molar-refractivity contribution >= 4 is 7.85 Å². The molecule has 0 heterocycles. The van der Waals surface area contributed by atoms with E-state index >= 15 is 0 Å². The van der Waals surface area contributed by atoms with E-state index < -0.39 is 0 Å². The van der Waals surface area contributed by atoms with Gasteiger partial charge >= 0.3 is 0 Å². The molecule has 0 atom stereocenters. The number of unbranched alkanes of at least 4 members (excludes halogenated alkanes) is 2. The number of hydrogen-bond donors (Lipinski definition) is 1. The maximum Gasteiger partial charge on any atom is 0.0652 e. The van der Waals surface area contributed by atoms with E-state index in [4.69, 9.17) is 13.0 Å². The quantitative estimate of drug-likeness (QED) is 0.596. The smallest absolute Gasteiger partial charge is 0.0652 e. The molecule has 0 aromatic carbocycles. The second kappa shape index (κ2) is 16.0. The molecule has 0 bridgehead atoms. The topological polar surface area (TPSA) is 20.2 Å². The molecular weight excluding hydrogens is 123 g/mol. The molecule has 0 saturated carbocycles. The molecule has 10 heavy (non-hydrogen) atoms. The molecule has 0 rings (SSSR count). The fourth-order valence-corrected chi connectivity index (χ4v) is 0.362. The molecule has 0 fully saturated rings. The molecule has 0 aliphatic carbocycles. The van der Waals surface area contributed by atoms with Crippen molar-refractivity contribution in [1.82, 2.24) is 0 Å². The summed E-state index contributed by atoms with van der Waals surface area (Å²) in [5.41, 5.74) is 0. The SMILES string of the molecule is CCCCO.[B]CCCC. The van der Waals surface area contributed by atoms with Crippen molar-refractivity contribution in [2.45, 2.75) is 45.9 Å². The first kappa shape index (κ1) is 12.7. The van der Waals surface area contributed by atoms with Gasteiger partial charge < -0.3 is 5.11 Å². The molecule has 1 nitrogen and oxygen atoms in total. The maximum absolute atomic E-state index is 8.07. The zero-order valence-electron chi connectivity index (χ0n) is 7.27. The van der Waals surface area contributed by atoms with E-state index in [2.05, 4.69) is 13.8 Å².